The fourth-order valence-corrected chi connectivity index (χ4v) is 3.64. The first-order chi connectivity index (χ1) is 14.2. The second-order valence-electron chi connectivity index (χ2n) is 6.66. The van der Waals surface area contributed by atoms with Crippen molar-refractivity contribution in [1.82, 2.24) is 9.97 Å². The van der Waals surface area contributed by atoms with Crippen LogP contribution in [0.2, 0.25) is 0 Å². The van der Waals surface area contributed by atoms with Gasteiger partial charge in [0.1, 0.15) is 10.7 Å². The van der Waals surface area contributed by atoms with E-state index in [0.717, 1.165) is 11.1 Å². The summed E-state index contributed by atoms with van der Waals surface area (Å²) in [4.78, 5) is 18.8. The van der Waals surface area contributed by atoms with Gasteiger partial charge in [-0.3, -0.25) is 10.1 Å². The van der Waals surface area contributed by atoms with Crippen molar-refractivity contribution in [2.45, 2.75) is 31.7 Å². The van der Waals surface area contributed by atoms with Crippen LogP contribution in [0.1, 0.15) is 29.9 Å². The Morgan fingerprint density at radius 1 is 1.03 bits per heavy atom. The molecule has 0 amide bonds. The third-order valence-electron chi connectivity index (χ3n) is 4.30. The predicted molar refractivity (Wildman–Crippen MR) is 111 cm³/mol. The zero-order chi connectivity index (χ0) is 21.9. The van der Waals surface area contributed by atoms with Crippen molar-refractivity contribution in [1.29, 1.82) is 0 Å². The number of benzene rings is 2. The Morgan fingerprint density at radius 3 is 2.27 bits per heavy atom. The summed E-state index contributed by atoms with van der Waals surface area (Å²) < 4.78 is 30.3. The first-order valence-corrected chi connectivity index (χ1v) is 10.4. The van der Waals surface area contributed by atoms with E-state index in [1.807, 2.05) is 37.3 Å². The van der Waals surface area contributed by atoms with Crippen molar-refractivity contribution in [3.05, 3.63) is 81.7 Å². The lowest BCUT2D eigenvalue weighted by atomic mass is 10.1. The van der Waals surface area contributed by atoms with Crippen molar-refractivity contribution in [2.24, 2.45) is 0 Å². The molecule has 2 aromatic carbocycles. The lowest BCUT2D eigenvalue weighted by molar-refractivity contribution is -0.385. The number of aryl methyl sites for hydroxylation is 2. The lowest BCUT2D eigenvalue weighted by Gasteiger charge is -2.16. The highest BCUT2D eigenvalue weighted by atomic mass is 32.2. The molecule has 0 aliphatic heterocycles. The molecule has 1 aromatic heterocycles. The summed E-state index contributed by atoms with van der Waals surface area (Å²) >= 11 is 0. The molecule has 0 spiro atoms. The zero-order valence-electron chi connectivity index (χ0n) is 16.6. The van der Waals surface area contributed by atoms with Crippen LogP contribution in [0.25, 0.3) is 0 Å². The highest BCUT2D eigenvalue weighted by Gasteiger charge is 2.31. The summed E-state index contributed by atoms with van der Waals surface area (Å²) in [6.07, 6.45) is 0. The molecule has 0 fully saturated rings. The second kappa shape index (κ2) is 8.46. The lowest BCUT2D eigenvalue weighted by Crippen LogP contribution is -2.16. The molecule has 0 unspecified atom stereocenters. The summed E-state index contributed by atoms with van der Waals surface area (Å²) in [5.74, 6) is -0.647. The van der Waals surface area contributed by atoms with Gasteiger partial charge in [0.2, 0.25) is 5.82 Å². The molecule has 1 heterocycles. The van der Waals surface area contributed by atoms with E-state index in [1.165, 1.54) is 19.1 Å². The maximum Gasteiger partial charge on any atom is 0.374 e. The summed E-state index contributed by atoms with van der Waals surface area (Å²) in [5.41, 5.74) is 1.08. The van der Waals surface area contributed by atoms with E-state index in [-0.39, 0.29) is 22.6 Å². The average molecular weight is 428 g/mol. The van der Waals surface area contributed by atoms with Crippen LogP contribution >= 0.6 is 0 Å². The van der Waals surface area contributed by atoms with Crippen molar-refractivity contribution >= 4 is 21.6 Å². The van der Waals surface area contributed by atoms with Crippen LogP contribution in [0.15, 0.2) is 59.5 Å². The Balaban J connectivity index is 2.01. The normalized spacial score (nSPS) is 12.2. The summed E-state index contributed by atoms with van der Waals surface area (Å²) in [6.45, 7) is 5.11. The molecule has 1 atom stereocenters. The smallest absolute Gasteiger partial charge is 0.358 e. The maximum atomic E-state index is 12.6. The van der Waals surface area contributed by atoms with Crippen LogP contribution in [0.4, 0.5) is 11.5 Å². The van der Waals surface area contributed by atoms with Crippen LogP contribution in [0.5, 0.6) is 5.88 Å². The van der Waals surface area contributed by atoms with Gasteiger partial charge in [0.05, 0.1) is 11.0 Å². The number of hydrogen-bond acceptors (Lipinski definition) is 8. The van der Waals surface area contributed by atoms with E-state index in [4.69, 9.17) is 4.18 Å². The Kier molecular flexibility index (Phi) is 5.97. The summed E-state index contributed by atoms with van der Waals surface area (Å²) in [7, 11) is -4.32. The van der Waals surface area contributed by atoms with Crippen molar-refractivity contribution in [3.8, 4) is 5.88 Å². The molecule has 0 saturated heterocycles. The molecular weight excluding hydrogens is 408 g/mol. The van der Waals surface area contributed by atoms with Gasteiger partial charge >= 0.3 is 21.7 Å². The molecule has 3 rings (SSSR count). The second-order valence-corrected chi connectivity index (χ2v) is 8.20. The SMILES string of the molecule is Cc1ccc(S(=O)(=O)Oc2nc(C)nc(N[C@H](C)c3ccccc3)c2[N+](=O)[O-])cc1. The first-order valence-electron chi connectivity index (χ1n) is 9.03. The number of nitrogens with one attached hydrogen (secondary N) is 1. The van der Waals surface area contributed by atoms with Gasteiger partial charge < -0.3 is 9.50 Å². The van der Waals surface area contributed by atoms with Crippen LogP contribution in [-0.4, -0.2) is 23.3 Å². The number of aromatic nitrogens is 2. The van der Waals surface area contributed by atoms with Crippen molar-refractivity contribution in [3.63, 3.8) is 0 Å². The van der Waals surface area contributed by atoms with E-state index in [9.17, 15) is 18.5 Å². The standard InChI is InChI=1S/C20H20N4O5S/c1-13-9-11-17(12-10-13)30(27,28)29-20-18(24(25)26)19(22-15(3)23-20)21-14(2)16-7-5-4-6-8-16/h4-12,14H,1-3H3,(H,21,22,23)/t14-/m1/s1. The number of nitro groups is 1. The minimum atomic E-state index is -4.32. The van der Waals surface area contributed by atoms with E-state index < -0.39 is 26.6 Å². The van der Waals surface area contributed by atoms with Crippen LogP contribution in [0, 0.1) is 24.0 Å². The van der Waals surface area contributed by atoms with Crippen LogP contribution in [0.3, 0.4) is 0 Å². The quantitative estimate of drug-likeness (QED) is 0.341. The van der Waals surface area contributed by atoms with E-state index in [1.54, 1.807) is 19.1 Å². The molecule has 0 saturated carbocycles. The fourth-order valence-electron chi connectivity index (χ4n) is 2.75. The number of anilines is 1. The molecule has 0 bridgehead atoms. The van der Waals surface area contributed by atoms with E-state index in [0.29, 0.717) is 0 Å². The largest absolute Gasteiger partial charge is 0.374 e. The molecule has 0 aliphatic rings. The van der Waals surface area contributed by atoms with Crippen molar-refractivity contribution in [2.75, 3.05) is 5.32 Å². The zero-order valence-corrected chi connectivity index (χ0v) is 17.4. The van der Waals surface area contributed by atoms with Gasteiger partial charge in [-0.2, -0.15) is 13.4 Å². The van der Waals surface area contributed by atoms with Gasteiger partial charge in [-0.25, -0.2) is 4.98 Å². The molecule has 30 heavy (non-hydrogen) atoms. The number of hydrogen-bond donors (Lipinski definition) is 1. The molecule has 0 aliphatic carbocycles. The van der Waals surface area contributed by atoms with Gasteiger partial charge in [-0.1, -0.05) is 48.0 Å². The Hall–Kier alpha value is -3.53. The maximum absolute atomic E-state index is 12.6. The van der Waals surface area contributed by atoms with Gasteiger partial charge in [0.15, 0.2) is 0 Å². The van der Waals surface area contributed by atoms with Gasteiger partial charge in [0, 0.05) is 0 Å². The highest BCUT2D eigenvalue weighted by molar-refractivity contribution is 7.87. The monoisotopic (exact) mass is 428 g/mol. The van der Waals surface area contributed by atoms with Crippen molar-refractivity contribution < 1.29 is 17.5 Å². The van der Waals surface area contributed by atoms with E-state index in [2.05, 4.69) is 15.3 Å². The Bertz CT molecular complexity index is 1170. The number of rotatable bonds is 7. The third kappa shape index (κ3) is 4.71. The molecule has 3 aromatic rings. The predicted octanol–water partition coefficient (Wildman–Crippen LogP) is 3.94. The molecule has 9 nitrogen and oxygen atoms in total. The first kappa shape index (κ1) is 21.2. The minimum absolute atomic E-state index is 0.123. The molecule has 0 radical (unpaired) electrons. The third-order valence-corrected chi connectivity index (χ3v) is 5.52. The van der Waals surface area contributed by atoms with Gasteiger partial charge in [-0.05, 0) is 38.5 Å². The average Bonchev–Trinajstić information content (AvgIpc) is 2.68. The Labute approximate surface area is 174 Å². The van der Waals surface area contributed by atoms with E-state index >= 15 is 0 Å². The Morgan fingerprint density at radius 2 is 1.67 bits per heavy atom. The van der Waals surface area contributed by atoms with Crippen LogP contribution in [-0.2, 0) is 10.1 Å². The molecule has 1 N–H and O–H groups in total. The fraction of sp³-hybridized carbons (Fsp3) is 0.200. The van der Waals surface area contributed by atoms with Gasteiger partial charge in [0.25, 0.3) is 0 Å². The van der Waals surface area contributed by atoms with Crippen LogP contribution < -0.4 is 9.50 Å². The number of nitrogens with zero attached hydrogens (tertiary/aromatic N) is 3. The molecule has 156 valence electrons. The minimum Gasteiger partial charge on any atom is -0.358 e. The topological polar surface area (TPSA) is 124 Å². The molecular formula is C20H20N4O5S. The highest BCUT2D eigenvalue weighted by Crippen LogP contribution is 2.35. The summed E-state index contributed by atoms with van der Waals surface area (Å²) in [6, 6.07) is 14.9. The summed E-state index contributed by atoms with van der Waals surface area (Å²) in [5, 5.41) is 14.7. The van der Waals surface area contributed by atoms with Gasteiger partial charge in [-0.15, -0.1) is 0 Å². The molecule has 10 heteroatoms.